The van der Waals surface area contributed by atoms with Crippen LogP contribution in [-0.2, 0) is 16.6 Å². The van der Waals surface area contributed by atoms with Gasteiger partial charge in [-0.25, -0.2) is 4.98 Å². The van der Waals surface area contributed by atoms with Crippen LogP contribution < -0.4 is 0 Å². The molecular formula is C14H15Cl2NOS2. The molecule has 20 heavy (non-hydrogen) atoms. The topological polar surface area (TPSA) is 30.0 Å². The third-order valence-electron chi connectivity index (χ3n) is 3.07. The Kier molecular flexibility index (Phi) is 5.24. The molecule has 1 heterocycles. The van der Waals surface area contributed by atoms with Crippen molar-refractivity contribution < 1.29 is 4.21 Å². The van der Waals surface area contributed by atoms with E-state index < -0.39 is 10.8 Å². The smallest absolute Gasteiger partial charge is 0.0900 e. The molecule has 0 spiro atoms. The van der Waals surface area contributed by atoms with Crippen molar-refractivity contribution in [2.75, 3.05) is 0 Å². The Morgan fingerprint density at radius 3 is 2.60 bits per heavy atom. The van der Waals surface area contributed by atoms with Crippen LogP contribution in [0.3, 0.4) is 0 Å². The van der Waals surface area contributed by atoms with Crippen molar-refractivity contribution in [2.45, 2.75) is 31.8 Å². The summed E-state index contributed by atoms with van der Waals surface area (Å²) in [6.07, 6.45) is 0. The molecule has 1 aromatic heterocycles. The molecule has 0 aliphatic rings. The number of halogens is 2. The van der Waals surface area contributed by atoms with Crippen LogP contribution in [0.5, 0.6) is 0 Å². The van der Waals surface area contributed by atoms with E-state index in [9.17, 15) is 4.21 Å². The van der Waals surface area contributed by atoms with Gasteiger partial charge in [0, 0.05) is 25.7 Å². The minimum atomic E-state index is -1.04. The van der Waals surface area contributed by atoms with Gasteiger partial charge in [-0.3, -0.25) is 4.21 Å². The minimum absolute atomic E-state index is 0.137. The zero-order valence-electron chi connectivity index (χ0n) is 11.4. The monoisotopic (exact) mass is 347 g/mol. The number of aromatic nitrogens is 1. The van der Waals surface area contributed by atoms with E-state index in [2.05, 4.69) is 4.98 Å². The first-order valence-corrected chi connectivity index (χ1v) is 9.09. The molecule has 2 aromatic rings. The molecule has 0 aliphatic heterocycles. The molecule has 0 aliphatic carbocycles. The van der Waals surface area contributed by atoms with Gasteiger partial charge in [0.05, 0.1) is 21.7 Å². The molecule has 0 N–H and O–H groups in total. The summed E-state index contributed by atoms with van der Waals surface area (Å²) in [4.78, 5) is 5.45. The summed E-state index contributed by atoms with van der Waals surface area (Å²) in [5.74, 6) is 0.511. The first-order valence-electron chi connectivity index (χ1n) is 6.13. The second-order valence-corrected chi connectivity index (χ2v) is 8.46. The van der Waals surface area contributed by atoms with Gasteiger partial charge in [-0.1, -0.05) is 29.3 Å². The normalized spacial score (nSPS) is 14.2. The van der Waals surface area contributed by atoms with E-state index in [1.165, 1.54) is 0 Å². The van der Waals surface area contributed by atoms with Crippen LogP contribution in [0.1, 0.15) is 33.3 Å². The van der Waals surface area contributed by atoms with Crippen LogP contribution in [-0.4, -0.2) is 9.19 Å². The summed E-state index contributed by atoms with van der Waals surface area (Å²) in [7, 11) is -1.04. The summed E-state index contributed by atoms with van der Waals surface area (Å²) in [5.41, 5.74) is 1.84. The molecule has 0 saturated carbocycles. The first kappa shape index (κ1) is 16.0. The standard InChI is InChI=1S/C14H15Cl2NOS2/c1-8-14(19-10(3)17-8)7-20(18)9(2)12-5-4-11(15)6-13(12)16/h4-6,9H,7H2,1-3H3/t9-,20-/m1/s1. The number of benzene rings is 1. The van der Waals surface area contributed by atoms with Crippen molar-refractivity contribution in [3.8, 4) is 0 Å². The average molecular weight is 348 g/mol. The van der Waals surface area contributed by atoms with Crippen molar-refractivity contribution in [2.24, 2.45) is 0 Å². The van der Waals surface area contributed by atoms with Crippen molar-refractivity contribution in [1.29, 1.82) is 0 Å². The largest absolute Gasteiger partial charge is 0.259 e. The highest BCUT2D eigenvalue weighted by Gasteiger charge is 2.19. The maximum absolute atomic E-state index is 12.5. The zero-order valence-corrected chi connectivity index (χ0v) is 14.6. The molecule has 2 atom stereocenters. The van der Waals surface area contributed by atoms with Crippen LogP contribution in [0.25, 0.3) is 0 Å². The predicted molar refractivity (Wildman–Crippen MR) is 88.3 cm³/mol. The molecule has 0 fully saturated rings. The highest BCUT2D eigenvalue weighted by Crippen LogP contribution is 2.31. The fourth-order valence-electron chi connectivity index (χ4n) is 1.93. The number of hydrogen-bond acceptors (Lipinski definition) is 3. The molecule has 108 valence electrons. The molecular weight excluding hydrogens is 333 g/mol. The Hall–Kier alpha value is -0.420. The lowest BCUT2D eigenvalue weighted by atomic mass is 10.2. The van der Waals surface area contributed by atoms with Crippen molar-refractivity contribution in [3.63, 3.8) is 0 Å². The predicted octanol–water partition coefficient (Wildman–Crippen LogP) is 5.08. The third-order valence-corrected chi connectivity index (χ3v) is 6.50. The van der Waals surface area contributed by atoms with Gasteiger partial charge in [-0.2, -0.15) is 0 Å². The van der Waals surface area contributed by atoms with E-state index in [0.29, 0.717) is 15.8 Å². The quantitative estimate of drug-likeness (QED) is 0.771. The van der Waals surface area contributed by atoms with Gasteiger partial charge in [-0.15, -0.1) is 11.3 Å². The fourth-order valence-corrected chi connectivity index (χ4v) is 5.09. The Morgan fingerprint density at radius 1 is 1.35 bits per heavy atom. The number of thiazole rings is 1. The van der Waals surface area contributed by atoms with Gasteiger partial charge in [0.1, 0.15) is 0 Å². The molecule has 0 radical (unpaired) electrons. The Bertz CT molecular complexity index is 655. The second kappa shape index (κ2) is 6.56. The molecule has 0 amide bonds. The van der Waals surface area contributed by atoms with Crippen LogP contribution in [0.15, 0.2) is 18.2 Å². The second-order valence-electron chi connectivity index (χ2n) is 4.57. The molecule has 1 aromatic carbocycles. The zero-order chi connectivity index (χ0) is 14.9. The maximum atomic E-state index is 12.5. The van der Waals surface area contributed by atoms with Gasteiger partial charge in [-0.05, 0) is 38.5 Å². The third kappa shape index (κ3) is 3.61. The Morgan fingerprint density at radius 2 is 2.05 bits per heavy atom. The van der Waals surface area contributed by atoms with E-state index in [4.69, 9.17) is 23.2 Å². The summed E-state index contributed by atoms with van der Waals surface area (Å²) in [6.45, 7) is 5.84. The van der Waals surface area contributed by atoms with Crippen LogP contribution in [0, 0.1) is 13.8 Å². The lowest BCUT2D eigenvalue weighted by molar-refractivity contribution is 0.675. The average Bonchev–Trinajstić information content (AvgIpc) is 2.67. The maximum Gasteiger partial charge on any atom is 0.0900 e. The van der Waals surface area contributed by atoms with Crippen molar-refractivity contribution >= 4 is 45.3 Å². The number of aryl methyl sites for hydroxylation is 2. The van der Waals surface area contributed by atoms with E-state index in [-0.39, 0.29) is 5.25 Å². The van der Waals surface area contributed by atoms with Crippen LogP contribution in [0.2, 0.25) is 10.0 Å². The van der Waals surface area contributed by atoms with E-state index in [1.807, 2.05) is 26.8 Å². The summed E-state index contributed by atoms with van der Waals surface area (Å²) in [6, 6.07) is 5.31. The Labute approximate surface area is 135 Å². The number of hydrogen-bond donors (Lipinski definition) is 0. The van der Waals surface area contributed by atoms with Gasteiger partial charge in [0.2, 0.25) is 0 Å². The number of nitrogens with zero attached hydrogens (tertiary/aromatic N) is 1. The number of rotatable bonds is 4. The van der Waals surface area contributed by atoms with Crippen LogP contribution >= 0.6 is 34.5 Å². The van der Waals surface area contributed by atoms with Gasteiger partial charge >= 0.3 is 0 Å². The van der Waals surface area contributed by atoms with Gasteiger partial charge in [0.15, 0.2) is 0 Å². The Balaban J connectivity index is 2.18. The van der Waals surface area contributed by atoms with Crippen molar-refractivity contribution in [1.82, 2.24) is 4.98 Å². The van der Waals surface area contributed by atoms with E-state index in [0.717, 1.165) is 21.1 Å². The van der Waals surface area contributed by atoms with Gasteiger partial charge < -0.3 is 0 Å². The summed E-state index contributed by atoms with van der Waals surface area (Å²) >= 11 is 13.7. The SMILES string of the molecule is Cc1nc(C)c(C[S@@](=O)[C@H](C)c2ccc(Cl)cc2Cl)s1. The van der Waals surface area contributed by atoms with E-state index in [1.54, 1.807) is 23.5 Å². The molecule has 0 unspecified atom stereocenters. The fraction of sp³-hybridized carbons (Fsp3) is 0.357. The van der Waals surface area contributed by atoms with E-state index >= 15 is 0 Å². The highest BCUT2D eigenvalue weighted by molar-refractivity contribution is 7.84. The van der Waals surface area contributed by atoms with Gasteiger partial charge in [0.25, 0.3) is 0 Å². The lowest BCUT2D eigenvalue weighted by Crippen LogP contribution is -2.06. The van der Waals surface area contributed by atoms with Crippen molar-refractivity contribution in [3.05, 3.63) is 49.4 Å². The summed E-state index contributed by atoms with van der Waals surface area (Å²) < 4.78 is 12.5. The lowest BCUT2D eigenvalue weighted by Gasteiger charge is -2.13. The highest BCUT2D eigenvalue weighted by atomic mass is 35.5. The summed E-state index contributed by atoms with van der Waals surface area (Å²) in [5, 5.41) is 2.02. The first-order chi connectivity index (χ1) is 9.38. The molecule has 2 rings (SSSR count). The van der Waals surface area contributed by atoms with Crippen LogP contribution in [0.4, 0.5) is 0 Å². The molecule has 0 saturated heterocycles. The molecule has 2 nitrogen and oxygen atoms in total. The minimum Gasteiger partial charge on any atom is -0.259 e. The molecule has 6 heteroatoms. The molecule has 0 bridgehead atoms.